The first-order chi connectivity index (χ1) is 13.0. The van der Waals surface area contributed by atoms with E-state index in [1.807, 2.05) is 44.2 Å². The second-order valence-electron chi connectivity index (χ2n) is 6.81. The Hall–Kier alpha value is -3.15. The van der Waals surface area contributed by atoms with Gasteiger partial charge in [-0.05, 0) is 44.0 Å². The quantitative estimate of drug-likeness (QED) is 0.711. The van der Waals surface area contributed by atoms with Crippen LogP contribution in [0.25, 0.3) is 11.3 Å². The van der Waals surface area contributed by atoms with Crippen molar-refractivity contribution >= 4 is 5.91 Å². The predicted octanol–water partition coefficient (Wildman–Crippen LogP) is 3.58. The van der Waals surface area contributed by atoms with Crippen LogP contribution in [0, 0.1) is 20.8 Å². The van der Waals surface area contributed by atoms with E-state index in [4.69, 9.17) is 14.2 Å². The van der Waals surface area contributed by atoms with E-state index in [9.17, 15) is 4.79 Å². The van der Waals surface area contributed by atoms with Crippen molar-refractivity contribution in [1.29, 1.82) is 0 Å². The Balaban J connectivity index is 1.68. The smallest absolute Gasteiger partial charge is 0.261 e. The highest BCUT2D eigenvalue weighted by atomic mass is 16.5. The molecule has 0 bridgehead atoms. The van der Waals surface area contributed by atoms with Crippen molar-refractivity contribution < 1.29 is 14.1 Å². The summed E-state index contributed by atoms with van der Waals surface area (Å²) >= 11 is 0. The van der Waals surface area contributed by atoms with Crippen LogP contribution < -0.4 is 4.74 Å². The largest absolute Gasteiger partial charge is 0.482 e. The number of aryl methyl sites for hydroxylation is 3. The van der Waals surface area contributed by atoms with Gasteiger partial charge in [-0.15, -0.1) is 0 Å². The lowest BCUT2D eigenvalue weighted by Crippen LogP contribution is -2.32. The van der Waals surface area contributed by atoms with Gasteiger partial charge in [-0.1, -0.05) is 29.4 Å². The first-order valence-corrected chi connectivity index (χ1v) is 8.91. The number of hydrogen-bond acceptors (Lipinski definition) is 5. The standard InChI is InChI=1S/C21H21N3O3/c1-13-6-4-5-7-16(13)10-24-11-18-19(26-12-20(24)25)9-8-17(22-18)21-14(2)23-27-15(21)3/h4-9H,10-12H2,1-3H3. The Labute approximate surface area is 157 Å². The summed E-state index contributed by atoms with van der Waals surface area (Å²) in [5.41, 5.74) is 5.48. The third-order valence-electron chi connectivity index (χ3n) is 4.89. The minimum absolute atomic E-state index is 0.0191. The average molecular weight is 363 g/mol. The predicted molar refractivity (Wildman–Crippen MR) is 100 cm³/mol. The minimum Gasteiger partial charge on any atom is -0.482 e. The molecule has 0 radical (unpaired) electrons. The van der Waals surface area contributed by atoms with Gasteiger partial charge in [0.05, 0.1) is 23.5 Å². The number of aromatic nitrogens is 2. The number of hydrogen-bond donors (Lipinski definition) is 0. The monoisotopic (exact) mass is 363 g/mol. The second-order valence-corrected chi connectivity index (χ2v) is 6.81. The summed E-state index contributed by atoms with van der Waals surface area (Å²) in [7, 11) is 0. The fourth-order valence-corrected chi connectivity index (χ4v) is 3.36. The number of fused-ring (bicyclic) bond motifs is 1. The topological polar surface area (TPSA) is 68.5 Å². The van der Waals surface area contributed by atoms with Crippen molar-refractivity contribution in [3.8, 4) is 17.0 Å². The maximum Gasteiger partial charge on any atom is 0.261 e. The highest BCUT2D eigenvalue weighted by Gasteiger charge is 2.24. The van der Waals surface area contributed by atoms with Gasteiger partial charge in [0.25, 0.3) is 5.91 Å². The Morgan fingerprint density at radius 1 is 1.11 bits per heavy atom. The Kier molecular flexibility index (Phi) is 4.39. The zero-order chi connectivity index (χ0) is 19.0. The molecule has 4 rings (SSSR count). The highest BCUT2D eigenvalue weighted by Crippen LogP contribution is 2.30. The molecule has 1 aromatic carbocycles. The first kappa shape index (κ1) is 17.3. The van der Waals surface area contributed by atoms with Crippen LogP contribution in [0.3, 0.4) is 0 Å². The molecule has 0 N–H and O–H groups in total. The Morgan fingerprint density at radius 2 is 1.93 bits per heavy atom. The van der Waals surface area contributed by atoms with Gasteiger partial charge < -0.3 is 14.2 Å². The molecule has 1 amide bonds. The second kappa shape index (κ2) is 6.87. The molecule has 1 aliphatic rings. The first-order valence-electron chi connectivity index (χ1n) is 8.91. The van der Waals surface area contributed by atoms with Crippen LogP contribution in [0.5, 0.6) is 5.75 Å². The fourth-order valence-electron chi connectivity index (χ4n) is 3.36. The molecular formula is C21H21N3O3. The summed E-state index contributed by atoms with van der Waals surface area (Å²) in [4.78, 5) is 19.1. The molecule has 0 spiro atoms. The van der Waals surface area contributed by atoms with Gasteiger partial charge in [-0.3, -0.25) is 4.79 Å². The molecule has 6 nitrogen and oxygen atoms in total. The van der Waals surface area contributed by atoms with Crippen LogP contribution in [0.15, 0.2) is 40.9 Å². The van der Waals surface area contributed by atoms with Gasteiger partial charge in [0.1, 0.15) is 17.2 Å². The summed E-state index contributed by atoms with van der Waals surface area (Å²) in [5.74, 6) is 1.32. The van der Waals surface area contributed by atoms with Crippen LogP contribution >= 0.6 is 0 Å². The van der Waals surface area contributed by atoms with Gasteiger partial charge in [-0.2, -0.15) is 0 Å². The molecule has 3 heterocycles. The molecule has 0 unspecified atom stereocenters. The molecule has 27 heavy (non-hydrogen) atoms. The number of rotatable bonds is 3. The number of carbonyl (C=O) groups excluding carboxylic acids is 1. The van der Waals surface area contributed by atoms with E-state index in [2.05, 4.69) is 18.1 Å². The van der Waals surface area contributed by atoms with Crippen LogP contribution in [-0.4, -0.2) is 27.6 Å². The maximum absolute atomic E-state index is 12.6. The maximum atomic E-state index is 12.6. The fraction of sp³-hybridized carbons (Fsp3) is 0.286. The molecule has 0 aliphatic carbocycles. The van der Waals surface area contributed by atoms with Crippen molar-refractivity contribution in [2.45, 2.75) is 33.9 Å². The lowest BCUT2D eigenvalue weighted by Gasteiger charge is -2.21. The summed E-state index contributed by atoms with van der Waals surface area (Å²) < 4.78 is 11.0. The zero-order valence-electron chi connectivity index (χ0n) is 15.7. The number of pyridine rings is 1. The van der Waals surface area contributed by atoms with Gasteiger partial charge in [0.2, 0.25) is 0 Å². The molecule has 1 aliphatic heterocycles. The van der Waals surface area contributed by atoms with Gasteiger partial charge in [-0.25, -0.2) is 4.98 Å². The molecule has 6 heteroatoms. The van der Waals surface area contributed by atoms with Crippen molar-refractivity contribution in [1.82, 2.24) is 15.0 Å². The van der Waals surface area contributed by atoms with Crippen molar-refractivity contribution in [3.63, 3.8) is 0 Å². The van der Waals surface area contributed by atoms with E-state index in [0.29, 0.717) is 18.8 Å². The summed E-state index contributed by atoms with van der Waals surface area (Å²) in [5, 5.41) is 4.00. The van der Waals surface area contributed by atoms with E-state index >= 15 is 0 Å². The van der Waals surface area contributed by atoms with E-state index < -0.39 is 0 Å². The van der Waals surface area contributed by atoms with Gasteiger partial charge in [0, 0.05) is 6.54 Å². The molecule has 0 atom stereocenters. The highest BCUT2D eigenvalue weighted by molar-refractivity contribution is 5.78. The minimum atomic E-state index is -0.0462. The molecule has 3 aromatic rings. The van der Waals surface area contributed by atoms with Gasteiger partial charge >= 0.3 is 0 Å². The third kappa shape index (κ3) is 3.30. The summed E-state index contributed by atoms with van der Waals surface area (Å²) in [6.07, 6.45) is 0. The van der Waals surface area contributed by atoms with Crippen LogP contribution in [0.1, 0.15) is 28.3 Å². The molecule has 0 fully saturated rings. The molecule has 0 saturated carbocycles. The Bertz CT molecular complexity index is 990. The number of nitrogens with zero attached hydrogens (tertiary/aromatic N) is 3. The van der Waals surface area contributed by atoms with Crippen molar-refractivity contribution in [2.75, 3.05) is 6.61 Å². The molecule has 0 saturated heterocycles. The van der Waals surface area contributed by atoms with Crippen LogP contribution in [0.4, 0.5) is 0 Å². The Morgan fingerprint density at radius 3 is 2.67 bits per heavy atom. The number of benzene rings is 1. The SMILES string of the molecule is Cc1ccccc1CN1Cc2nc(-c3c(C)noc3C)ccc2OCC1=O. The normalized spacial score (nSPS) is 13.9. The number of ether oxygens (including phenoxy) is 1. The van der Waals surface area contributed by atoms with E-state index in [0.717, 1.165) is 39.5 Å². The zero-order valence-corrected chi connectivity index (χ0v) is 15.7. The van der Waals surface area contributed by atoms with Crippen LogP contribution in [-0.2, 0) is 17.9 Å². The summed E-state index contributed by atoms with van der Waals surface area (Å²) in [6, 6.07) is 11.8. The molecular weight excluding hydrogens is 342 g/mol. The average Bonchev–Trinajstić information content (AvgIpc) is 2.91. The number of amides is 1. The lowest BCUT2D eigenvalue weighted by atomic mass is 10.1. The molecule has 2 aromatic heterocycles. The van der Waals surface area contributed by atoms with E-state index in [1.54, 1.807) is 4.90 Å². The number of carbonyl (C=O) groups is 1. The van der Waals surface area contributed by atoms with Gasteiger partial charge in [0.15, 0.2) is 6.61 Å². The van der Waals surface area contributed by atoms with E-state index in [-0.39, 0.29) is 12.5 Å². The van der Waals surface area contributed by atoms with Crippen molar-refractivity contribution in [2.24, 2.45) is 0 Å². The van der Waals surface area contributed by atoms with E-state index in [1.165, 1.54) is 0 Å². The molecule has 138 valence electrons. The van der Waals surface area contributed by atoms with Crippen LogP contribution in [0.2, 0.25) is 0 Å². The summed E-state index contributed by atoms with van der Waals surface area (Å²) in [6.45, 7) is 6.77. The van der Waals surface area contributed by atoms with Crippen molar-refractivity contribution in [3.05, 3.63) is 64.7 Å². The third-order valence-corrected chi connectivity index (χ3v) is 4.89. The lowest BCUT2D eigenvalue weighted by molar-refractivity contribution is -0.133.